The highest BCUT2D eigenvalue weighted by molar-refractivity contribution is 9.10. The molecule has 0 saturated carbocycles. The summed E-state index contributed by atoms with van der Waals surface area (Å²) in [4.78, 5) is 0. The van der Waals surface area contributed by atoms with E-state index in [2.05, 4.69) is 21.2 Å². The second-order valence-electron chi connectivity index (χ2n) is 4.25. The van der Waals surface area contributed by atoms with Gasteiger partial charge in [-0.1, -0.05) is 34.1 Å². The van der Waals surface area contributed by atoms with Crippen molar-refractivity contribution < 1.29 is 8.78 Å². The summed E-state index contributed by atoms with van der Waals surface area (Å²) < 4.78 is 27.3. The molecule has 0 aliphatic rings. The Balaban J connectivity index is 1.84. The Labute approximate surface area is 119 Å². The van der Waals surface area contributed by atoms with Crippen molar-refractivity contribution in [2.75, 3.05) is 6.54 Å². The van der Waals surface area contributed by atoms with E-state index in [1.807, 2.05) is 6.07 Å². The molecule has 2 aromatic rings. The van der Waals surface area contributed by atoms with Gasteiger partial charge in [-0.15, -0.1) is 0 Å². The molecule has 0 atom stereocenters. The molecular formula is C15H14BrF2N. The first kappa shape index (κ1) is 14.2. The minimum absolute atomic E-state index is 0.184. The van der Waals surface area contributed by atoms with E-state index in [0.717, 1.165) is 10.0 Å². The molecule has 19 heavy (non-hydrogen) atoms. The van der Waals surface area contributed by atoms with Crippen LogP contribution >= 0.6 is 15.9 Å². The van der Waals surface area contributed by atoms with Gasteiger partial charge < -0.3 is 5.32 Å². The first-order valence-corrected chi connectivity index (χ1v) is 6.84. The molecule has 0 amide bonds. The van der Waals surface area contributed by atoms with Crippen LogP contribution in [0.15, 0.2) is 46.9 Å². The van der Waals surface area contributed by atoms with Gasteiger partial charge in [-0.3, -0.25) is 0 Å². The summed E-state index contributed by atoms with van der Waals surface area (Å²) in [5.74, 6) is -0.440. The number of nitrogens with one attached hydrogen (secondary N) is 1. The van der Waals surface area contributed by atoms with Gasteiger partial charge in [0.15, 0.2) is 0 Å². The van der Waals surface area contributed by atoms with Gasteiger partial charge >= 0.3 is 0 Å². The fourth-order valence-corrected chi connectivity index (χ4v) is 2.21. The van der Waals surface area contributed by atoms with E-state index in [1.54, 1.807) is 18.2 Å². The van der Waals surface area contributed by atoms with Crippen molar-refractivity contribution in [1.82, 2.24) is 5.32 Å². The second kappa shape index (κ2) is 6.78. The Hall–Kier alpha value is -1.26. The van der Waals surface area contributed by atoms with E-state index in [1.165, 1.54) is 18.2 Å². The van der Waals surface area contributed by atoms with Crippen LogP contribution < -0.4 is 5.32 Å². The molecule has 0 saturated heterocycles. The van der Waals surface area contributed by atoms with Crippen molar-refractivity contribution in [3.05, 3.63) is 69.7 Å². The highest BCUT2D eigenvalue weighted by Gasteiger charge is 2.03. The van der Waals surface area contributed by atoms with Gasteiger partial charge in [-0.2, -0.15) is 0 Å². The summed E-state index contributed by atoms with van der Waals surface area (Å²) in [5.41, 5.74) is 1.54. The van der Waals surface area contributed by atoms with E-state index in [9.17, 15) is 8.78 Å². The van der Waals surface area contributed by atoms with Crippen LogP contribution in [0.4, 0.5) is 8.78 Å². The SMILES string of the molecule is Fc1ccc(Br)c(CNCCc2ccccc2F)c1. The molecule has 100 valence electrons. The summed E-state index contributed by atoms with van der Waals surface area (Å²) >= 11 is 3.37. The lowest BCUT2D eigenvalue weighted by atomic mass is 10.1. The normalized spacial score (nSPS) is 10.7. The number of benzene rings is 2. The highest BCUT2D eigenvalue weighted by atomic mass is 79.9. The van der Waals surface area contributed by atoms with Crippen LogP contribution in [-0.4, -0.2) is 6.54 Å². The van der Waals surface area contributed by atoms with Crippen molar-refractivity contribution in [1.29, 1.82) is 0 Å². The van der Waals surface area contributed by atoms with E-state index in [0.29, 0.717) is 25.1 Å². The van der Waals surface area contributed by atoms with Crippen LogP contribution in [0.1, 0.15) is 11.1 Å². The lowest BCUT2D eigenvalue weighted by molar-refractivity contribution is 0.595. The molecule has 0 radical (unpaired) electrons. The van der Waals surface area contributed by atoms with Gasteiger partial charge in [-0.25, -0.2) is 8.78 Å². The predicted molar refractivity (Wildman–Crippen MR) is 75.9 cm³/mol. The topological polar surface area (TPSA) is 12.0 Å². The Morgan fingerprint density at radius 1 is 1.00 bits per heavy atom. The van der Waals surface area contributed by atoms with Crippen LogP contribution in [-0.2, 0) is 13.0 Å². The molecule has 0 unspecified atom stereocenters. The third kappa shape index (κ3) is 4.11. The fourth-order valence-electron chi connectivity index (χ4n) is 1.83. The van der Waals surface area contributed by atoms with Crippen molar-refractivity contribution in [3.8, 4) is 0 Å². The highest BCUT2D eigenvalue weighted by Crippen LogP contribution is 2.17. The van der Waals surface area contributed by atoms with Gasteiger partial charge in [0.1, 0.15) is 11.6 Å². The van der Waals surface area contributed by atoms with Gasteiger partial charge in [0, 0.05) is 11.0 Å². The molecule has 0 aliphatic carbocycles. The molecule has 2 aromatic carbocycles. The molecule has 0 aliphatic heterocycles. The zero-order valence-electron chi connectivity index (χ0n) is 10.3. The molecule has 2 rings (SSSR count). The largest absolute Gasteiger partial charge is 0.312 e. The molecule has 4 heteroatoms. The lowest BCUT2D eigenvalue weighted by Crippen LogP contribution is -2.17. The zero-order valence-corrected chi connectivity index (χ0v) is 11.9. The number of hydrogen-bond donors (Lipinski definition) is 1. The molecule has 0 heterocycles. The van der Waals surface area contributed by atoms with E-state index in [-0.39, 0.29) is 11.6 Å². The van der Waals surface area contributed by atoms with Crippen molar-refractivity contribution >= 4 is 15.9 Å². The van der Waals surface area contributed by atoms with Gasteiger partial charge in [0.05, 0.1) is 0 Å². The summed E-state index contributed by atoms with van der Waals surface area (Å²) in [6.45, 7) is 1.19. The van der Waals surface area contributed by atoms with Crippen molar-refractivity contribution in [2.24, 2.45) is 0 Å². The van der Waals surface area contributed by atoms with Crippen LogP contribution in [0.5, 0.6) is 0 Å². The lowest BCUT2D eigenvalue weighted by Gasteiger charge is -2.07. The Morgan fingerprint density at radius 3 is 2.58 bits per heavy atom. The first-order valence-electron chi connectivity index (χ1n) is 6.05. The Bertz CT molecular complexity index is 558. The Kier molecular flexibility index (Phi) is 5.05. The summed E-state index contributed by atoms with van der Waals surface area (Å²) in [6.07, 6.45) is 0.611. The van der Waals surface area contributed by atoms with Crippen LogP contribution in [0, 0.1) is 11.6 Å². The van der Waals surface area contributed by atoms with Crippen LogP contribution in [0.25, 0.3) is 0 Å². The molecule has 0 aromatic heterocycles. The maximum atomic E-state index is 13.4. The average molecular weight is 326 g/mol. The summed E-state index contributed by atoms with van der Waals surface area (Å²) in [7, 11) is 0. The molecule has 0 bridgehead atoms. The quantitative estimate of drug-likeness (QED) is 0.817. The van der Waals surface area contributed by atoms with Crippen molar-refractivity contribution in [2.45, 2.75) is 13.0 Å². The van der Waals surface area contributed by atoms with E-state index < -0.39 is 0 Å². The molecule has 0 spiro atoms. The zero-order chi connectivity index (χ0) is 13.7. The van der Waals surface area contributed by atoms with Gasteiger partial charge in [0.25, 0.3) is 0 Å². The maximum absolute atomic E-state index is 13.4. The minimum Gasteiger partial charge on any atom is -0.312 e. The molecule has 1 N–H and O–H groups in total. The summed E-state index contributed by atoms with van der Waals surface area (Å²) in [6, 6.07) is 11.3. The number of rotatable bonds is 5. The smallest absolute Gasteiger partial charge is 0.126 e. The third-order valence-corrected chi connectivity index (χ3v) is 3.63. The third-order valence-electron chi connectivity index (χ3n) is 2.85. The molecular weight excluding hydrogens is 312 g/mol. The first-order chi connectivity index (χ1) is 9.16. The van der Waals surface area contributed by atoms with Crippen LogP contribution in [0.3, 0.4) is 0 Å². The fraction of sp³-hybridized carbons (Fsp3) is 0.200. The Morgan fingerprint density at radius 2 is 1.79 bits per heavy atom. The monoisotopic (exact) mass is 325 g/mol. The minimum atomic E-state index is -0.255. The van der Waals surface area contributed by atoms with E-state index >= 15 is 0 Å². The van der Waals surface area contributed by atoms with Crippen molar-refractivity contribution in [3.63, 3.8) is 0 Å². The standard InChI is InChI=1S/C15H14BrF2N/c16-14-6-5-13(17)9-12(14)10-19-8-7-11-3-1-2-4-15(11)18/h1-6,9,19H,7-8,10H2. The number of halogens is 3. The summed E-state index contributed by atoms with van der Waals surface area (Å²) in [5, 5.41) is 3.18. The van der Waals surface area contributed by atoms with Gasteiger partial charge in [0.2, 0.25) is 0 Å². The molecule has 1 nitrogen and oxygen atoms in total. The van der Waals surface area contributed by atoms with E-state index in [4.69, 9.17) is 0 Å². The second-order valence-corrected chi connectivity index (χ2v) is 5.11. The number of hydrogen-bond acceptors (Lipinski definition) is 1. The average Bonchev–Trinajstić information content (AvgIpc) is 2.40. The predicted octanol–water partition coefficient (Wildman–Crippen LogP) is 4.06. The molecule has 0 fully saturated rings. The maximum Gasteiger partial charge on any atom is 0.126 e. The van der Waals surface area contributed by atoms with Crippen LogP contribution in [0.2, 0.25) is 0 Å². The van der Waals surface area contributed by atoms with Gasteiger partial charge in [-0.05, 0) is 48.4 Å².